The van der Waals surface area contributed by atoms with Crippen molar-refractivity contribution in [2.24, 2.45) is 16.8 Å². The van der Waals surface area contributed by atoms with Gasteiger partial charge in [-0.15, -0.1) is 5.10 Å². The van der Waals surface area contributed by atoms with Crippen molar-refractivity contribution < 1.29 is 26.0 Å². The fraction of sp³-hybridized carbons (Fsp3) is 0.556. The quantitative estimate of drug-likeness (QED) is 0.279. The first-order valence-electron chi connectivity index (χ1n) is 13.3. The van der Waals surface area contributed by atoms with E-state index in [1.807, 2.05) is 45.3 Å². The first-order valence-corrected chi connectivity index (χ1v) is 15.2. The van der Waals surface area contributed by atoms with Gasteiger partial charge in [0, 0.05) is 37.0 Å². The third kappa shape index (κ3) is 9.34. The molecule has 4 rings (SSSR count). The molecule has 3 N–H and O–H groups in total. The number of piperidine rings is 1. The van der Waals surface area contributed by atoms with Crippen molar-refractivity contribution in [2.75, 3.05) is 37.4 Å². The number of alkyl halides is 4. The lowest BCUT2D eigenvalue weighted by atomic mass is 9.96. The number of anilines is 2. The molecule has 15 heteroatoms. The summed E-state index contributed by atoms with van der Waals surface area (Å²) in [5.41, 5.74) is 11.3. The van der Waals surface area contributed by atoms with Gasteiger partial charge >= 0.3 is 0 Å². The van der Waals surface area contributed by atoms with Crippen LogP contribution in [0.2, 0.25) is 0 Å². The maximum absolute atomic E-state index is 13.1. The number of pyridine rings is 1. The molecule has 4 heterocycles. The van der Waals surface area contributed by atoms with Crippen molar-refractivity contribution in [2.45, 2.75) is 60.3 Å². The van der Waals surface area contributed by atoms with Gasteiger partial charge in [-0.25, -0.2) is 30.5 Å². The highest BCUT2D eigenvalue weighted by Crippen LogP contribution is 2.33. The Labute approximate surface area is 244 Å². The highest BCUT2D eigenvalue weighted by Gasteiger charge is 2.44. The van der Waals surface area contributed by atoms with Crippen molar-refractivity contribution in [3.63, 3.8) is 0 Å². The van der Waals surface area contributed by atoms with Crippen molar-refractivity contribution in [3.05, 3.63) is 30.1 Å². The molecule has 3 aromatic heterocycles. The fourth-order valence-corrected chi connectivity index (χ4v) is 4.71. The summed E-state index contributed by atoms with van der Waals surface area (Å²) in [5, 5.41) is 7.29. The molecule has 0 aliphatic carbocycles. The predicted octanol–water partition coefficient (Wildman–Crippen LogP) is 5.67. The predicted molar refractivity (Wildman–Crippen MR) is 159 cm³/mol. The molecule has 1 saturated heterocycles. The van der Waals surface area contributed by atoms with Crippen LogP contribution in [0.1, 0.15) is 46.7 Å². The molecule has 1 atom stereocenters. The molecular weight excluding hydrogens is 576 g/mol. The molecule has 42 heavy (non-hydrogen) atoms. The molecular formula is C27H40F4N8O2S. The van der Waals surface area contributed by atoms with Gasteiger partial charge in [-0.2, -0.15) is 9.29 Å². The number of aromatic nitrogens is 4. The Bertz CT molecular complexity index is 1490. The second kappa shape index (κ2) is 14.2. The molecule has 0 amide bonds. The number of nitrogens with zero attached hydrogens (tertiary/aromatic N) is 6. The number of nitrogens with one attached hydrogen (secondary N) is 1. The molecule has 1 aliphatic rings. The minimum absolute atomic E-state index is 0.204. The number of hydrogen-bond acceptors (Lipinski definition) is 8. The van der Waals surface area contributed by atoms with Crippen LogP contribution in [0, 0.1) is 18.8 Å². The van der Waals surface area contributed by atoms with Crippen LogP contribution in [0.25, 0.3) is 16.8 Å². The Kier molecular flexibility index (Phi) is 11.8. The molecule has 0 saturated carbocycles. The first kappa shape index (κ1) is 34.9. The maximum Gasteiger partial charge on any atom is 0.264 e. The number of nitrogens with two attached hydrogens (primary N) is 1. The molecule has 234 valence electrons. The molecule has 0 spiro atoms. The maximum atomic E-state index is 13.1. The topological polar surface area (TPSA) is 131 Å². The second-order valence-corrected chi connectivity index (χ2v) is 12.3. The largest absolute Gasteiger partial charge is 0.371 e. The summed E-state index contributed by atoms with van der Waals surface area (Å²) in [6.45, 7) is 10.1. The van der Waals surface area contributed by atoms with Gasteiger partial charge in [0.05, 0.1) is 29.9 Å². The normalized spacial score (nSPS) is 17.5. The van der Waals surface area contributed by atoms with Crippen LogP contribution in [0.3, 0.4) is 0 Å². The van der Waals surface area contributed by atoms with Gasteiger partial charge in [0.25, 0.3) is 5.92 Å². The second-order valence-electron chi connectivity index (χ2n) is 10.4. The summed E-state index contributed by atoms with van der Waals surface area (Å²) >= 11 is 0. The van der Waals surface area contributed by atoms with Gasteiger partial charge in [-0.3, -0.25) is 9.98 Å². The number of sulfonamides is 1. The molecule has 0 aromatic carbocycles. The van der Waals surface area contributed by atoms with E-state index in [2.05, 4.69) is 34.2 Å². The number of halogens is 4. The van der Waals surface area contributed by atoms with Crippen molar-refractivity contribution in [1.29, 1.82) is 0 Å². The Morgan fingerprint density at radius 1 is 1.19 bits per heavy atom. The molecule has 1 aliphatic heterocycles. The van der Waals surface area contributed by atoms with E-state index in [1.54, 1.807) is 4.52 Å². The molecule has 0 radical (unpaired) electrons. The van der Waals surface area contributed by atoms with E-state index in [1.165, 1.54) is 6.92 Å². The average molecular weight is 617 g/mol. The lowest BCUT2D eigenvalue weighted by molar-refractivity contribution is -0.0863. The van der Waals surface area contributed by atoms with Crippen LogP contribution >= 0.6 is 0 Å². The standard InChI is InChI=1S/C18H23N7.C7H13F2NO2S.C2H4F2/c1-10(2)11(3)21-14-6-7-15(22-12(14)4)13-8-9-25-16(13)17(20-5)23-18(19)24-25;1-6-3-4-10(13(2,11)12)5-7(6,8)9;1-2(3)4/h6-10H,1-5H3,(H3,19,20,23,24);6H,3-5H2,1-2H3;2H,1H3. The fourth-order valence-electron chi connectivity index (χ4n) is 3.87. The highest BCUT2D eigenvalue weighted by molar-refractivity contribution is 7.88. The van der Waals surface area contributed by atoms with E-state index in [4.69, 9.17) is 10.7 Å². The van der Waals surface area contributed by atoms with E-state index in [0.717, 1.165) is 51.4 Å². The van der Waals surface area contributed by atoms with Gasteiger partial charge < -0.3 is 11.1 Å². The Morgan fingerprint density at radius 2 is 1.81 bits per heavy atom. The number of rotatable bonds is 5. The minimum Gasteiger partial charge on any atom is -0.371 e. The molecule has 1 unspecified atom stereocenters. The van der Waals surface area contributed by atoms with Crippen molar-refractivity contribution in [3.8, 4) is 11.3 Å². The lowest BCUT2D eigenvalue weighted by Gasteiger charge is -2.35. The monoisotopic (exact) mass is 616 g/mol. The molecule has 1 fully saturated rings. The summed E-state index contributed by atoms with van der Waals surface area (Å²) in [6.07, 6.45) is 0.870. The molecule has 10 nitrogen and oxygen atoms in total. The smallest absolute Gasteiger partial charge is 0.264 e. The molecule has 3 aromatic rings. The third-order valence-corrected chi connectivity index (χ3v) is 7.87. The Hall–Kier alpha value is -3.33. The van der Waals surface area contributed by atoms with Crippen LogP contribution in [0.5, 0.6) is 0 Å². The van der Waals surface area contributed by atoms with Crippen molar-refractivity contribution in [1.82, 2.24) is 23.9 Å². The third-order valence-electron chi connectivity index (χ3n) is 6.62. The summed E-state index contributed by atoms with van der Waals surface area (Å²) in [5.74, 6) is -2.32. The SMILES string of the molecule is CC(F)F.CC1CCN(S(C)(=O)=O)CC1(F)F.CNc1nc(N)nn2ccc(-c3ccc(N=C(C)C(C)C)c(C)n3)c12. The lowest BCUT2D eigenvalue weighted by Crippen LogP contribution is -2.49. The summed E-state index contributed by atoms with van der Waals surface area (Å²) < 4.78 is 71.3. The van der Waals surface area contributed by atoms with Gasteiger partial charge in [0.2, 0.25) is 22.4 Å². The zero-order chi connectivity index (χ0) is 32.0. The van der Waals surface area contributed by atoms with Crippen LogP contribution in [-0.4, -0.2) is 76.8 Å². The Balaban J connectivity index is 0.000000303. The zero-order valence-electron chi connectivity index (χ0n) is 25.2. The van der Waals surface area contributed by atoms with E-state index >= 15 is 0 Å². The van der Waals surface area contributed by atoms with Gasteiger partial charge in [0.15, 0.2) is 5.82 Å². The number of aliphatic imine (C=N–C) groups is 1. The van der Waals surface area contributed by atoms with Crippen LogP contribution in [0.15, 0.2) is 29.4 Å². The number of aryl methyl sites for hydroxylation is 1. The summed E-state index contributed by atoms with van der Waals surface area (Å²) in [6, 6.07) is 5.95. The Morgan fingerprint density at radius 3 is 2.31 bits per heavy atom. The van der Waals surface area contributed by atoms with Crippen LogP contribution in [0.4, 0.5) is 35.0 Å². The summed E-state index contributed by atoms with van der Waals surface area (Å²) in [7, 11) is -1.66. The zero-order valence-corrected chi connectivity index (χ0v) is 26.0. The summed E-state index contributed by atoms with van der Waals surface area (Å²) in [4.78, 5) is 13.7. The van der Waals surface area contributed by atoms with Crippen LogP contribution < -0.4 is 11.1 Å². The van der Waals surface area contributed by atoms with E-state index in [9.17, 15) is 26.0 Å². The van der Waals surface area contributed by atoms with Gasteiger partial charge in [-0.05, 0) is 51.3 Å². The first-order chi connectivity index (χ1) is 19.4. The molecule has 0 bridgehead atoms. The minimum atomic E-state index is -3.47. The number of nitrogen functional groups attached to an aromatic ring is 1. The van der Waals surface area contributed by atoms with Crippen LogP contribution in [-0.2, 0) is 10.0 Å². The van der Waals surface area contributed by atoms with E-state index < -0.39 is 34.8 Å². The van der Waals surface area contributed by atoms with Gasteiger partial charge in [0.1, 0.15) is 5.52 Å². The average Bonchev–Trinajstić information content (AvgIpc) is 3.29. The van der Waals surface area contributed by atoms with Gasteiger partial charge in [-0.1, -0.05) is 20.8 Å². The van der Waals surface area contributed by atoms with Crippen molar-refractivity contribution >= 4 is 38.7 Å². The number of fused-ring (bicyclic) bond motifs is 1. The van der Waals surface area contributed by atoms with E-state index in [-0.39, 0.29) is 18.9 Å². The highest BCUT2D eigenvalue weighted by atomic mass is 32.2. The van der Waals surface area contributed by atoms with E-state index in [0.29, 0.717) is 11.7 Å². The number of hydrogen-bond donors (Lipinski definition) is 2.